The highest BCUT2D eigenvalue weighted by Gasteiger charge is 2.21. The zero-order chi connectivity index (χ0) is 15.6. The summed E-state index contributed by atoms with van der Waals surface area (Å²) in [5.74, 6) is -0.805. The van der Waals surface area contributed by atoms with Gasteiger partial charge in [0.2, 0.25) is 0 Å². The van der Waals surface area contributed by atoms with E-state index in [1.54, 1.807) is 42.9 Å². The molecule has 1 aromatic heterocycles. The monoisotopic (exact) mass is 287 g/mol. The number of carboxylic acids is 1. The van der Waals surface area contributed by atoms with Crippen molar-refractivity contribution < 1.29 is 14.7 Å². The number of carbonyl (C=O) groups is 2. The first-order valence-corrected chi connectivity index (χ1v) is 6.49. The molecule has 2 rings (SSSR count). The summed E-state index contributed by atoms with van der Waals surface area (Å²) >= 11 is 0. The summed E-state index contributed by atoms with van der Waals surface area (Å²) in [6.45, 7) is 3.65. The van der Waals surface area contributed by atoms with E-state index in [-0.39, 0.29) is 17.7 Å². The molecular formula is C15H17N3O3. The number of benzene rings is 1. The van der Waals surface area contributed by atoms with E-state index in [1.165, 1.54) is 0 Å². The molecule has 110 valence electrons. The van der Waals surface area contributed by atoms with Gasteiger partial charge in [-0.15, -0.1) is 0 Å². The summed E-state index contributed by atoms with van der Waals surface area (Å²) in [5, 5.41) is 12.0. The Balaban J connectivity index is 2.29. The molecule has 0 radical (unpaired) electrons. The molecule has 0 fully saturated rings. The Bertz CT molecular complexity index is 704. The smallest absolute Gasteiger partial charge is 0.336 e. The van der Waals surface area contributed by atoms with E-state index in [1.807, 2.05) is 7.05 Å². The van der Waals surface area contributed by atoms with E-state index in [0.717, 1.165) is 0 Å². The summed E-state index contributed by atoms with van der Waals surface area (Å²) in [4.78, 5) is 27.8. The summed E-state index contributed by atoms with van der Waals surface area (Å²) in [7, 11) is 1.83. The van der Waals surface area contributed by atoms with Gasteiger partial charge in [0.15, 0.2) is 0 Å². The van der Waals surface area contributed by atoms with E-state index >= 15 is 0 Å². The number of carbonyl (C=O) groups excluding carboxylic acids is 1. The second kappa shape index (κ2) is 5.78. The lowest BCUT2D eigenvalue weighted by Gasteiger charge is -2.12. The van der Waals surface area contributed by atoms with Crippen molar-refractivity contribution in [2.45, 2.75) is 20.4 Å². The SMILES string of the molecule is Cc1ccc(C)c(C(=O)NCc2nccn2C)c1C(=O)O. The number of hydrogen-bond acceptors (Lipinski definition) is 3. The third-order valence-corrected chi connectivity index (χ3v) is 3.39. The van der Waals surface area contributed by atoms with Crippen LogP contribution in [0, 0.1) is 13.8 Å². The van der Waals surface area contributed by atoms with Crippen molar-refractivity contribution in [3.8, 4) is 0 Å². The van der Waals surface area contributed by atoms with Crippen LogP contribution in [0.2, 0.25) is 0 Å². The van der Waals surface area contributed by atoms with E-state index in [4.69, 9.17) is 0 Å². The number of nitrogens with one attached hydrogen (secondary N) is 1. The molecule has 0 aliphatic heterocycles. The van der Waals surface area contributed by atoms with Crippen LogP contribution >= 0.6 is 0 Å². The highest BCUT2D eigenvalue weighted by molar-refractivity contribution is 6.06. The molecule has 6 nitrogen and oxygen atoms in total. The van der Waals surface area contributed by atoms with Crippen LogP contribution in [0.5, 0.6) is 0 Å². The highest BCUT2D eigenvalue weighted by atomic mass is 16.4. The maximum atomic E-state index is 12.3. The Morgan fingerprint density at radius 2 is 1.86 bits per heavy atom. The Morgan fingerprint density at radius 1 is 1.24 bits per heavy atom. The van der Waals surface area contributed by atoms with Gasteiger partial charge in [-0.25, -0.2) is 9.78 Å². The molecule has 1 heterocycles. The number of aromatic carboxylic acids is 1. The quantitative estimate of drug-likeness (QED) is 0.895. The van der Waals surface area contributed by atoms with Gasteiger partial charge in [0.25, 0.3) is 5.91 Å². The van der Waals surface area contributed by atoms with E-state index < -0.39 is 11.9 Å². The number of rotatable bonds is 4. The van der Waals surface area contributed by atoms with Gasteiger partial charge in [-0.2, -0.15) is 0 Å². The third kappa shape index (κ3) is 2.94. The fourth-order valence-electron chi connectivity index (χ4n) is 2.19. The average molecular weight is 287 g/mol. The van der Waals surface area contributed by atoms with Crippen LogP contribution in [0.4, 0.5) is 0 Å². The highest BCUT2D eigenvalue weighted by Crippen LogP contribution is 2.19. The van der Waals surface area contributed by atoms with Gasteiger partial charge in [-0.1, -0.05) is 12.1 Å². The van der Waals surface area contributed by atoms with Crippen molar-refractivity contribution in [1.29, 1.82) is 0 Å². The molecule has 1 amide bonds. The molecule has 21 heavy (non-hydrogen) atoms. The van der Waals surface area contributed by atoms with Gasteiger partial charge in [0.05, 0.1) is 17.7 Å². The molecule has 0 atom stereocenters. The number of carboxylic acid groups (broad SMARTS) is 1. The summed E-state index contributed by atoms with van der Waals surface area (Å²) in [6, 6.07) is 3.45. The molecule has 6 heteroatoms. The lowest BCUT2D eigenvalue weighted by molar-refractivity contribution is 0.0690. The molecule has 0 aliphatic carbocycles. The van der Waals surface area contributed by atoms with Gasteiger partial charge in [0, 0.05) is 19.4 Å². The van der Waals surface area contributed by atoms with Crippen LogP contribution in [-0.4, -0.2) is 26.5 Å². The molecule has 0 unspecified atom stereocenters. The predicted molar refractivity (Wildman–Crippen MR) is 77.3 cm³/mol. The van der Waals surface area contributed by atoms with E-state index in [9.17, 15) is 14.7 Å². The number of hydrogen-bond donors (Lipinski definition) is 2. The minimum atomic E-state index is -1.10. The van der Waals surface area contributed by atoms with Gasteiger partial charge in [-0.3, -0.25) is 4.79 Å². The molecule has 2 N–H and O–H groups in total. The van der Waals surface area contributed by atoms with Crippen molar-refractivity contribution in [2.75, 3.05) is 0 Å². The number of imidazole rings is 1. The van der Waals surface area contributed by atoms with Crippen LogP contribution in [0.1, 0.15) is 37.7 Å². The molecule has 0 bridgehead atoms. The van der Waals surface area contributed by atoms with Crippen LogP contribution in [-0.2, 0) is 13.6 Å². The predicted octanol–water partition coefficient (Wildman–Crippen LogP) is 1.67. The fourth-order valence-corrected chi connectivity index (χ4v) is 2.19. The van der Waals surface area contributed by atoms with Crippen molar-refractivity contribution >= 4 is 11.9 Å². The fraction of sp³-hybridized carbons (Fsp3) is 0.267. The number of aromatic nitrogens is 2. The minimum Gasteiger partial charge on any atom is -0.478 e. The Morgan fingerprint density at radius 3 is 2.38 bits per heavy atom. The first-order valence-electron chi connectivity index (χ1n) is 6.49. The Kier molecular flexibility index (Phi) is 4.07. The topological polar surface area (TPSA) is 84.2 Å². The first-order chi connectivity index (χ1) is 9.91. The van der Waals surface area contributed by atoms with Gasteiger partial charge >= 0.3 is 5.97 Å². The standard InChI is InChI=1S/C15H17N3O3/c1-9-4-5-10(2)13(15(20)21)12(9)14(19)17-8-11-16-6-7-18(11)3/h4-7H,8H2,1-3H3,(H,17,19)(H,20,21). The zero-order valence-electron chi connectivity index (χ0n) is 12.2. The molecular weight excluding hydrogens is 270 g/mol. The van der Waals surface area contributed by atoms with Crippen LogP contribution < -0.4 is 5.32 Å². The molecule has 0 spiro atoms. The number of aryl methyl sites for hydroxylation is 3. The largest absolute Gasteiger partial charge is 0.478 e. The van der Waals surface area contributed by atoms with E-state index in [2.05, 4.69) is 10.3 Å². The van der Waals surface area contributed by atoms with E-state index in [0.29, 0.717) is 17.0 Å². The number of amides is 1. The van der Waals surface area contributed by atoms with Gasteiger partial charge < -0.3 is 15.0 Å². The summed E-state index contributed by atoms with van der Waals surface area (Å²) in [5.41, 5.74) is 1.45. The summed E-state index contributed by atoms with van der Waals surface area (Å²) in [6.07, 6.45) is 3.42. The second-order valence-corrected chi connectivity index (χ2v) is 4.89. The normalized spacial score (nSPS) is 10.4. The second-order valence-electron chi connectivity index (χ2n) is 4.89. The zero-order valence-corrected chi connectivity index (χ0v) is 12.2. The third-order valence-electron chi connectivity index (χ3n) is 3.39. The van der Waals surface area contributed by atoms with Crippen LogP contribution in [0.25, 0.3) is 0 Å². The molecule has 1 aromatic carbocycles. The molecule has 0 saturated carbocycles. The lowest BCUT2D eigenvalue weighted by Crippen LogP contribution is -2.27. The van der Waals surface area contributed by atoms with Gasteiger partial charge in [-0.05, 0) is 25.0 Å². The molecule has 0 aliphatic rings. The maximum Gasteiger partial charge on any atom is 0.336 e. The average Bonchev–Trinajstić information content (AvgIpc) is 2.83. The lowest BCUT2D eigenvalue weighted by atomic mass is 9.96. The summed E-state index contributed by atoms with van der Waals surface area (Å²) < 4.78 is 1.79. The van der Waals surface area contributed by atoms with Crippen molar-refractivity contribution in [3.05, 3.63) is 52.6 Å². The van der Waals surface area contributed by atoms with Crippen molar-refractivity contribution in [1.82, 2.24) is 14.9 Å². The Labute approximate surface area is 122 Å². The van der Waals surface area contributed by atoms with Crippen molar-refractivity contribution in [3.63, 3.8) is 0 Å². The molecule has 0 saturated heterocycles. The first kappa shape index (κ1) is 14.8. The van der Waals surface area contributed by atoms with Crippen LogP contribution in [0.3, 0.4) is 0 Å². The van der Waals surface area contributed by atoms with Crippen molar-refractivity contribution in [2.24, 2.45) is 7.05 Å². The molecule has 2 aromatic rings. The minimum absolute atomic E-state index is 0.0485. The number of nitrogens with zero attached hydrogens (tertiary/aromatic N) is 2. The van der Waals surface area contributed by atoms with Crippen LogP contribution in [0.15, 0.2) is 24.5 Å². The Hall–Kier alpha value is -2.63. The maximum absolute atomic E-state index is 12.3. The van der Waals surface area contributed by atoms with Gasteiger partial charge in [0.1, 0.15) is 5.82 Å².